The number of fused-ring (bicyclic) bond motifs is 3. The Hall–Kier alpha value is -12.2. The fourth-order valence-electron chi connectivity index (χ4n) is 15.3. The van der Waals surface area contributed by atoms with Crippen LogP contribution in [0.4, 0.5) is 30.6 Å². The summed E-state index contributed by atoms with van der Waals surface area (Å²) in [6.45, 7) is 29.2. The highest BCUT2D eigenvalue weighted by molar-refractivity contribution is 6.32. The number of nitrogens with one attached hydrogen (secondary N) is 1. The number of imidazole rings is 3. The highest BCUT2D eigenvalue weighted by Crippen LogP contribution is 2.49. The summed E-state index contributed by atoms with van der Waals surface area (Å²) in [5.41, 5.74) is 26.5. The quantitative estimate of drug-likeness (QED) is 0.0343. The standard InChI is InChI=1S/C29H30ClFN6O4.C29H30ClFN6O3.C29H32ClFN6O2/c1-14(2)41-25-18(15(3)27-35-16(4)24-26(32)33-9-11-37(24)27)12-19(30)23(31)22(25)17-7-8-20(34-13-17)28(38)36-10-5-6-21(36)29(39)40;1-14(2)40-26-20(15(3)28-35-16(4)25-27(32)33-8-9-37(25)28)10-21(30)24(31)23(26)18-6-7-22(34-11-18)29(39)36-12-19(13-36)17(5)38;1-6-29(9-10-29)36-28(38)21-8-7-18(14-34-21)22-23(31)20(30)13-19(25(22)39-15(2)3)16(4)27-35-17(5)24-26(32)33-11-12-37(24)27/h7-9,11-15,21H,5-6,10H2,1-4H3,(H2,32,33)(H,39,40);6-11,14-15,19,38H,5,12-13H2,1-4H3,(H2,32,33);7-8,11-16H,6,9-10H2,1-5H3,(H2,32,33)(H,36,38)/t15-,21-;15-;16-/m000/s1. The van der Waals surface area contributed by atoms with Gasteiger partial charge in [0.1, 0.15) is 91.8 Å². The lowest BCUT2D eigenvalue weighted by Gasteiger charge is -2.38. The van der Waals surface area contributed by atoms with E-state index in [4.69, 9.17) is 81.2 Å². The molecule has 1 saturated carbocycles. The molecule has 27 nitrogen and oxygen atoms in total. The summed E-state index contributed by atoms with van der Waals surface area (Å²) in [6.07, 6.45) is 17.4. The van der Waals surface area contributed by atoms with Crippen molar-refractivity contribution in [2.45, 2.75) is 170 Å². The highest BCUT2D eigenvalue weighted by atomic mass is 35.5. The van der Waals surface area contributed by atoms with Gasteiger partial charge < -0.3 is 56.7 Å². The van der Waals surface area contributed by atoms with Crippen molar-refractivity contribution in [3.63, 3.8) is 0 Å². The number of anilines is 3. The Morgan fingerprint density at radius 1 is 0.550 bits per heavy atom. The molecule has 0 spiro atoms. The van der Waals surface area contributed by atoms with Gasteiger partial charge >= 0.3 is 5.97 Å². The zero-order chi connectivity index (χ0) is 86.5. The zero-order valence-electron chi connectivity index (χ0n) is 68.4. The minimum absolute atomic E-state index is 0.0536. The molecule has 626 valence electrons. The van der Waals surface area contributed by atoms with Crippen molar-refractivity contribution in [1.82, 2.24) is 73.2 Å². The van der Waals surface area contributed by atoms with Gasteiger partial charge in [-0.1, -0.05) is 87.3 Å². The Kier molecular flexibility index (Phi) is 24.8. The molecule has 11 heterocycles. The number of nitrogens with two attached hydrogens (primary N) is 3. The molecule has 33 heteroatoms. The number of nitrogen functional groups attached to an aromatic ring is 3. The lowest BCUT2D eigenvalue weighted by Crippen LogP contribution is -2.50. The minimum Gasteiger partial charge on any atom is -0.513 e. The van der Waals surface area contributed by atoms with E-state index in [9.17, 15) is 29.4 Å². The third-order valence-corrected chi connectivity index (χ3v) is 22.6. The van der Waals surface area contributed by atoms with Crippen LogP contribution in [-0.2, 0) is 4.79 Å². The lowest BCUT2D eigenvalue weighted by atomic mass is 9.93. The molecule has 3 amide bonds. The molecule has 120 heavy (non-hydrogen) atoms. The van der Waals surface area contributed by atoms with E-state index >= 15 is 13.2 Å². The molecule has 3 aromatic carbocycles. The van der Waals surface area contributed by atoms with E-state index in [-0.39, 0.29) is 114 Å². The molecule has 3 aliphatic rings. The first-order valence-electron chi connectivity index (χ1n) is 39.3. The smallest absolute Gasteiger partial charge is 0.326 e. The van der Waals surface area contributed by atoms with Gasteiger partial charge in [0.2, 0.25) is 0 Å². The van der Waals surface area contributed by atoms with E-state index in [2.05, 4.69) is 48.7 Å². The van der Waals surface area contributed by atoms with Crippen molar-refractivity contribution in [3.8, 4) is 50.6 Å². The van der Waals surface area contributed by atoms with Crippen LogP contribution in [0.2, 0.25) is 15.1 Å². The number of nitrogens with zero attached hydrogens (tertiary/aromatic N) is 14. The molecule has 0 unspecified atom stereocenters. The fourth-order valence-corrected chi connectivity index (χ4v) is 16.0. The molecule has 4 atom stereocenters. The molecule has 15 rings (SSSR count). The predicted molar refractivity (Wildman–Crippen MR) is 453 cm³/mol. The van der Waals surface area contributed by atoms with Crippen molar-refractivity contribution in [2.24, 2.45) is 5.92 Å². The number of carboxylic acid groups (broad SMARTS) is 1. The normalized spacial score (nSPS) is 15.1. The van der Waals surface area contributed by atoms with Gasteiger partial charge in [-0.05, 0) is 131 Å². The second-order valence-electron chi connectivity index (χ2n) is 31.1. The van der Waals surface area contributed by atoms with Crippen LogP contribution in [0.25, 0.3) is 49.9 Å². The number of hydrogen-bond acceptors (Lipinski definition) is 20. The van der Waals surface area contributed by atoms with Crippen molar-refractivity contribution >= 4 is 92.5 Å². The van der Waals surface area contributed by atoms with Crippen LogP contribution in [0.5, 0.6) is 17.2 Å². The van der Waals surface area contributed by atoms with Gasteiger partial charge in [0.15, 0.2) is 17.5 Å². The maximum atomic E-state index is 15.8. The van der Waals surface area contributed by atoms with Gasteiger partial charge in [-0.3, -0.25) is 42.5 Å². The van der Waals surface area contributed by atoms with Gasteiger partial charge in [0.25, 0.3) is 17.7 Å². The number of aliphatic carboxylic acids is 1. The maximum absolute atomic E-state index is 15.8. The second-order valence-corrected chi connectivity index (χ2v) is 32.3. The van der Waals surface area contributed by atoms with Gasteiger partial charge in [0.05, 0.1) is 78.8 Å². The van der Waals surface area contributed by atoms with Gasteiger partial charge in [0, 0.05) is 132 Å². The number of aliphatic hydroxyl groups is 1. The largest absolute Gasteiger partial charge is 0.513 e. The Balaban J connectivity index is 0.000000156. The first-order chi connectivity index (χ1) is 57.0. The molecule has 12 aromatic rings. The van der Waals surface area contributed by atoms with E-state index < -0.39 is 41.3 Å². The van der Waals surface area contributed by atoms with E-state index in [1.165, 1.54) is 35.6 Å². The van der Waals surface area contributed by atoms with Crippen molar-refractivity contribution < 1.29 is 56.8 Å². The average molecular weight is 1700 g/mol. The number of aryl methyl sites for hydroxylation is 3. The predicted octanol–water partition coefficient (Wildman–Crippen LogP) is 16.7. The summed E-state index contributed by atoms with van der Waals surface area (Å²) < 4.78 is 71.5. The molecule has 0 bridgehead atoms. The molecule has 9 N–H and O–H groups in total. The number of hydrogen-bond donors (Lipinski definition) is 6. The number of carbonyl (C=O) groups excluding carboxylic acids is 3. The second kappa shape index (κ2) is 34.7. The van der Waals surface area contributed by atoms with Crippen LogP contribution < -0.4 is 36.7 Å². The van der Waals surface area contributed by atoms with Crippen LogP contribution in [-0.4, -0.2) is 151 Å². The first kappa shape index (κ1) is 85.7. The number of rotatable bonds is 22. The molecular formula is C87H92Cl3F3N18O9. The van der Waals surface area contributed by atoms with E-state index in [1.807, 2.05) is 96.3 Å². The van der Waals surface area contributed by atoms with Gasteiger partial charge in [-0.25, -0.2) is 47.9 Å². The Labute approximate surface area is 705 Å². The van der Waals surface area contributed by atoms with Gasteiger partial charge in [-0.15, -0.1) is 0 Å². The van der Waals surface area contributed by atoms with E-state index in [0.29, 0.717) is 140 Å². The average Bonchev–Trinajstić information content (AvgIpc) is 1.58. The number of carboxylic acids is 1. The lowest BCUT2D eigenvalue weighted by molar-refractivity contribution is -0.141. The number of aromatic nitrogens is 12. The van der Waals surface area contributed by atoms with Crippen molar-refractivity contribution in [3.05, 3.63) is 224 Å². The summed E-state index contributed by atoms with van der Waals surface area (Å²) in [4.78, 5) is 92.8. The Bertz CT molecular complexity index is 5990. The number of benzene rings is 3. The number of ether oxygens (including phenoxy) is 3. The summed E-state index contributed by atoms with van der Waals surface area (Å²) in [5, 5.41) is 21.8. The molecule has 0 radical (unpaired) electrons. The number of aliphatic hydroxyl groups excluding tert-OH is 1. The summed E-state index contributed by atoms with van der Waals surface area (Å²) >= 11 is 19.4. The fraction of sp³-hybridized carbons (Fsp3) is 0.345. The van der Waals surface area contributed by atoms with Gasteiger partial charge in [-0.2, -0.15) is 0 Å². The highest BCUT2D eigenvalue weighted by Gasteiger charge is 2.43. The molecule has 2 saturated heterocycles. The summed E-state index contributed by atoms with van der Waals surface area (Å²) in [6, 6.07) is 13.2. The number of halogens is 6. The monoisotopic (exact) mass is 1690 g/mol. The third-order valence-electron chi connectivity index (χ3n) is 21.8. The van der Waals surface area contributed by atoms with Crippen LogP contribution >= 0.6 is 34.8 Å². The molecular weight excluding hydrogens is 1600 g/mol. The van der Waals surface area contributed by atoms with E-state index in [1.54, 1.807) is 84.5 Å². The Morgan fingerprint density at radius 2 is 0.900 bits per heavy atom. The number of pyridine rings is 3. The number of carbonyl (C=O) groups is 4. The van der Waals surface area contributed by atoms with Crippen LogP contribution in [0, 0.1) is 44.1 Å². The molecule has 9 aromatic heterocycles. The zero-order valence-corrected chi connectivity index (χ0v) is 70.7. The topological polar surface area (TPSA) is 362 Å². The first-order valence-corrected chi connectivity index (χ1v) is 40.4. The Morgan fingerprint density at radius 3 is 1.21 bits per heavy atom. The number of likely N-dealkylation sites (tertiary alicyclic amines) is 2. The van der Waals surface area contributed by atoms with Crippen molar-refractivity contribution in [1.29, 1.82) is 0 Å². The maximum Gasteiger partial charge on any atom is 0.326 e. The van der Waals surface area contributed by atoms with Crippen LogP contribution in [0.1, 0.15) is 202 Å². The van der Waals surface area contributed by atoms with E-state index in [0.717, 1.165) is 25.0 Å². The molecule has 1 aliphatic carbocycles. The summed E-state index contributed by atoms with van der Waals surface area (Å²) in [5.74, 6) is -1.21. The number of amides is 3. The van der Waals surface area contributed by atoms with Crippen LogP contribution in [0.3, 0.4) is 0 Å². The third kappa shape index (κ3) is 16.8. The van der Waals surface area contributed by atoms with Crippen molar-refractivity contribution in [2.75, 3.05) is 36.8 Å². The molecule has 3 fully saturated rings. The van der Waals surface area contributed by atoms with Crippen LogP contribution in [0.15, 0.2) is 123 Å². The molecule has 2 aliphatic heterocycles. The summed E-state index contributed by atoms with van der Waals surface area (Å²) in [7, 11) is 0. The minimum atomic E-state index is -1.05. The SMILES string of the molecule is C=C(O)C1CN(C(=O)c2ccc(-c3c(F)c(Cl)cc([C@H](C)c4nc(C)c5c(N)nccn45)c3OC(C)C)cn2)C1.CCC1(NC(=O)c2ccc(-c3c(F)c(Cl)cc([C@H](C)c4nc(C)c5c(N)nccn45)c3OC(C)C)cn2)CC1.Cc1nc([C@@H](C)c2cc(Cl)c(F)c(-c3ccc(C(=O)N4CCC[C@H]4C(=O)O)nc3)c2OC(C)C)n2ccnc(N)c12.